The van der Waals surface area contributed by atoms with Crippen molar-refractivity contribution < 1.29 is 13.9 Å². The Kier molecular flexibility index (Phi) is 7.91. The van der Waals surface area contributed by atoms with Gasteiger partial charge in [-0.05, 0) is 75.1 Å². The lowest BCUT2D eigenvalue weighted by atomic mass is 9.98. The molecule has 1 saturated heterocycles. The fourth-order valence-corrected chi connectivity index (χ4v) is 5.56. The minimum absolute atomic E-state index is 0.180. The molecular formula is C30H37N3O4. The molecule has 5 rings (SSSR count). The maximum atomic E-state index is 14.2. The Bertz CT molecular complexity index is 1320. The molecule has 1 aromatic heterocycles. The monoisotopic (exact) mass is 503 g/mol. The molecule has 37 heavy (non-hydrogen) atoms. The van der Waals surface area contributed by atoms with E-state index in [0.29, 0.717) is 30.0 Å². The van der Waals surface area contributed by atoms with Gasteiger partial charge in [-0.3, -0.25) is 9.69 Å². The molecule has 3 aromatic rings. The van der Waals surface area contributed by atoms with E-state index in [1.165, 1.54) is 0 Å². The molecule has 7 nitrogen and oxygen atoms in total. The van der Waals surface area contributed by atoms with Gasteiger partial charge in [0.25, 0.3) is 5.91 Å². The summed E-state index contributed by atoms with van der Waals surface area (Å²) in [6, 6.07) is 13.4. The molecule has 2 aromatic carbocycles. The largest absolute Gasteiger partial charge is 0.491 e. The normalized spacial score (nSPS) is 17.0. The third-order valence-electron chi connectivity index (χ3n) is 7.53. The average Bonchev–Trinajstić information content (AvgIpc) is 3.11. The van der Waals surface area contributed by atoms with E-state index in [2.05, 4.69) is 29.8 Å². The summed E-state index contributed by atoms with van der Waals surface area (Å²) in [5.41, 5.74) is 3.22. The summed E-state index contributed by atoms with van der Waals surface area (Å²) in [6.45, 7) is 8.13. The van der Waals surface area contributed by atoms with Crippen LogP contribution in [0.25, 0.3) is 11.0 Å². The van der Waals surface area contributed by atoms with E-state index in [4.69, 9.17) is 9.15 Å². The number of benzene rings is 2. The van der Waals surface area contributed by atoms with Gasteiger partial charge in [-0.1, -0.05) is 31.5 Å². The Balaban J connectivity index is 1.51. The van der Waals surface area contributed by atoms with E-state index < -0.39 is 5.63 Å². The Labute approximate surface area is 218 Å². The highest BCUT2D eigenvalue weighted by Gasteiger charge is 2.29. The molecule has 0 saturated carbocycles. The number of hydrogen-bond donors (Lipinski definition) is 0. The lowest BCUT2D eigenvalue weighted by molar-refractivity contribution is 0.0981. The third-order valence-corrected chi connectivity index (χ3v) is 7.53. The molecule has 0 atom stereocenters. The topological polar surface area (TPSA) is 66.2 Å². The number of hydrogen-bond acceptors (Lipinski definition) is 6. The Morgan fingerprint density at radius 1 is 1.03 bits per heavy atom. The van der Waals surface area contributed by atoms with E-state index in [1.807, 2.05) is 35.2 Å². The fourth-order valence-electron chi connectivity index (χ4n) is 5.56. The van der Waals surface area contributed by atoms with Crippen LogP contribution >= 0.6 is 0 Å². The molecule has 1 fully saturated rings. The molecule has 0 aliphatic carbocycles. The van der Waals surface area contributed by atoms with Gasteiger partial charge in [0.1, 0.15) is 17.9 Å². The van der Waals surface area contributed by atoms with Gasteiger partial charge < -0.3 is 19.0 Å². The van der Waals surface area contributed by atoms with Gasteiger partial charge in [0.2, 0.25) is 0 Å². The van der Waals surface area contributed by atoms with Crippen LogP contribution in [0.5, 0.6) is 5.75 Å². The van der Waals surface area contributed by atoms with Crippen molar-refractivity contribution in [3.8, 4) is 5.75 Å². The highest BCUT2D eigenvalue weighted by molar-refractivity contribution is 6.15. The molecule has 2 aliphatic rings. The van der Waals surface area contributed by atoms with Crippen LogP contribution in [0.4, 0.5) is 5.69 Å². The van der Waals surface area contributed by atoms with E-state index in [1.54, 1.807) is 6.07 Å². The summed E-state index contributed by atoms with van der Waals surface area (Å²) in [4.78, 5) is 33.3. The van der Waals surface area contributed by atoms with Crippen molar-refractivity contribution in [1.82, 2.24) is 9.80 Å². The lowest BCUT2D eigenvalue weighted by Gasteiger charge is -2.30. The van der Waals surface area contributed by atoms with Crippen molar-refractivity contribution in [2.45, 2.75) is 39.0 Å². The van der Waals surface area contributed by atoms with Crippen molar-refractivity contribution in [3.63, 3.8) is 0 Å². The van der Waals surface area contributed by atoms with E-state index in [9.17, 15) is 9.59 Å². The molecule has 7 heteroatoms. The molecular weight excluding hydrogens is 466 g/mol. The molecule has 0 unspecified atom stereocenters. The van der Waals surface area contributed by atoms with Crippen molar-refractivity contribution in [2.24, 2.45) is 0 Å². The van der Waals surface area contributed by atoms with Crippen LogP contribution in [0, 0.1) is 0 Å². The standard InChI is InChI=1S/C30H37N3O4/c1-3-8-23-21-27(34)37-29-24(23)12-13-26(36-20-19-32-15-7-14-31(2)17-18-32)28(29)30(35)33-16-6-10-22-9-4-5-11-25(22)33/h4-5,9,11-13,21H,3,6-8,10,14-20H2,1-2H3. The molecule has 2 aliphatic heterocycles. The molecule has 0 bridgehead atoms. The summed E-state index contributed by atoms with van der Waals surface area (Å²) in [5, 5.41) is 0.804. The molecule has 0 spiro atoms. The summed E-state index contributed by atoms with van der Waals surface area (Å²) in [7, 11) is 2.16. The van der Waals surface area contributed by atoms with Crippen LogP contribution in [-0.2, 0) is 12.8 Å². The van der Waals surface area contributed by atoms with Crippen LogP contribution in [0.3, 0.4) is 0 Å². The highest BCUT2D eigenvalue weighted by atomic mass is 16.5. The number of carbonyl (C=O) groups excluding carboxylic acids is 1. The van der Waals surface area contributed by atoms with Gasteiger partial charge >= 0.3 is 5.63 Å². The summed E-state index contributed by atoms with van der Waals surface area (Å²) < 4.78 is 12.0. The number of para-hydroxylation sites is 1. The van der Waals surface area contributed by atoms with Gasteiger partial charge in [-0.15, -0.1) is 0 Å². The van der Waals surface area contributed by atoms with Gasteiger partial charge in [0, 0.05) is 43.3 Å². The van der Waals surface area contributed by atoms with Crippen LogP contribution in [0.15, 0.2) is 51.7 Å². The molecule has 1 amide bonds. The predicted molar refractivity (Wildman–Crippen MR) is 147 cm³/mol. The summed E-state index contributed by atoms with van der Waals surface area (Å²) in [6.07, 6.45) is 4.60. The summed E-state index contributed by atoms with van der Waals surface area (Å²) >= 11 is 0. The van der Waals surface area contributed by atoms with Crippen LogP contribution in [0.2, 0.25) is 0 Å². The SMILES string of the molecule is CCCc1cc(=O)oc2c(C(=O)N3CCCc4ccccc43)c(OCCN3CCCN(C)CC3)ccc12. The maximum absolute atomic E-state index is 14.2. The van der Waals surface area contributed by atoms with Gasteiger partial charge in [0.05, 0.1) is 0 Å². The number of likely N-dealkylation sites (N-methyl/N-ethyl adjacent to an activating group) is 1. The molecule has 0 radical (unpaired) electrons. The summed E-state index contributed by atoms with van der Waals surface area (Å²) in [5.74, 6) is 0.297. The molecule has 0 N–H and O–H groups in total. The quantitative estimate of drug-likeness (QED) is 0.447. The Morgan fingerprint density at radius 3 is 2.76 bits per heavy atom. The minimum atomic E-state index is -0.435. The second-order valence-corrected chi connectivity index (χ2v) is 10.2. The number of rotatable bonds is 7. The Hall–Kier alpha value is -3.16. The van der Waals surface area contributed by atoms with Crippen molar-refractivity contribution in [2.75, 3.05) is 57.8 Å². The van der Waals surface area contributed by atoms with Crippen molar-refractivity contribution in [1.29, 1.82) is 0 Å². The van der Waals surface area contributed by atoms with Gasteiger partial charge in [-0.25, -0.2) is 4.79 Å². The first-order valence-electron chi connectivity index (χ1n) is 13.6. The minimum Gasteiger partial charge on any atom is -0.491 e. The smallest absolute Gasteiger partial charge is 0.336 e. The van der Waals surface area contributed by atoms with E-state index >= 15 is 0 Å². The Morgan fingerprint density at radius 2 is 1.89 bits per heavy atom. The zero-order chi connectivity index (χ0) is 25.8. The maximum Gasteiger partial charge on any atom is 0.336 e. The number of fused-ring (bicyclic) bond motifs is 2. The van der Waals surface area contributed by atoms with Crippen LogP contribution in [0.1, 0.15) is 47.7 Å². The first-order chi connectivity index (χ1) is 18.0. The lowest BCUT2D eigenvalue weighted by Crippen LogP contribution is -2.36. The van der Waals surface area contributed by atoms with E-state index in [-0.39, 0.29) is 5.91 Å². The van der Waals surface area contributed by atoms with Crippen molar-refractivity contribution >= 4 is 22.6 Å². The predicted octanol–water partition coefficient (Wildman–Crippen LogP) is 4.35. The number of anilines is 1. The van der Waals surface area contributed by atoms with Gasteiger partial charge in [-0.2, -0.15) is 0 Å². The fraction of sp³-hybridized carbons (Fsp3) is 0.467. The van der Waals surface area contributed by atoms with E-state index in [0.717, 1.165) is 87.0 Å². The van der Waals surface area contributed by atoms with Gasteiger partial charge in [0.15, 0.2) is 5.58 Å². The number of ether oxygens (including phenoxy) is 1. The average molecular weight is 504 g/mol. The zero-order valence-corrected chi connectivity index (χ0v) is 22.0. The first kappa shape index (κ1) is 25.5. The highest BCUT2D eigenvalue weighted by Crippen LogP contribution is 2.34. The third kappa shape index (κ3) is 5.58. The molecule has 196 valence electrons. The second-order valence-electron chi connectivity index (χ2n) is 10.2. The first-order valence-corrected chi connectivity index (χ1v) is 13.6. The number of aryl methyl sites for hydroxylation is 2. The number of nitrogens with zero attached hydrogens (tertiary/aromatic N) is 3. The second kappa shape index (κ2) is 11.5. The van der Waals surface area contributed by atoms with Crippen LogP contribution < -0.4 is 15.3 Å². The number of amides is 1. The van der Waals surface area contributed by atoms with Crippen molar-refractivity contribution in [3.05, 3.63) is 69.6 Å². The number of carbonyl (C=O) groups is 1. The molecule has 3 heterocycles. The van der Waals surface area contributed by atoms with Crippen LogP contribution in [-0.4, -0.2) is 68.6 Å². The zero-order valence-electron chi connectivity index (χ0n) is 22.0.